The van der Waals surface area contributed by atoms with Crippen LogP contribution in [0.1, 0.15) is 36.5 Å². The zero-order valence-corrected chi connectivity index (χ0v) is 11.3. The van der Waals surface area contributed by atoms with Crippen LogP contribution >= 0.6 is 11.6 Å². The van der Waals surface area contributed by atoms with E-state index < -0.39 is 0 Å². The lowest BCUT2D eigenvalue weighted by Gasteiger charge is -2.21. The van der Waals surface area contributed by atoms with Gasteiger partial charge in [-0.2, -0.15) is 0 Å². The number of rotatable bonds is 1. The first-order valence-electron chi connectivity index (χ1n) is 6.35. The summed E-state index contributed by atoms with van der Waals surface area (Å²) >= 11 is 5.77. The summed E-state index contributed by atoms with van der Waals surface area (Å²) in [6, 6.07) is 4.64. The van der Waals surface area contributed by atoms with E-state index in [2.05, 4.69) is 6.92 Å². The zero-order valence-electron chi connectivity index (χ0n) is 10.5. The number of carbonyl (C=O) groups excluding carboxylic acids is 1. The Morgan fingerprint density at radius 2 is 2.17 bits per heavy atom. The van der Waals surface area contributed by atoms with Crippen molar-refractivity contribution in [1.29, 1.82) is 0 Å². The SMILES string of the molecule is CC1CCCN(C(=O)c2ccc(Cl)cc2O)CC1. The molecular weight excluding hydrogens is 250 g/mol. The molecule has 2 rings (SSSR count). The molecule has 3 nitrogen and oxygen atoms in total. The predicted octanol–water partition coefficient (Wildman–Crippen LogP) is 3.31. The molecule has 0 spiro atoms. The highest BCUT2D eigenvalue weighted by molar-refractivity contribution is 6.30. The van der Waals surface area contributed by atoms with Crippen LogP contribution in [0, 0.1) is 5.92 Å². The third-order valence-corrected chi connectivity index (χ3v) is 3.73. The normalized spacial score (nSPS) is 20.6. The summed E-state index contributed by atoms with van der Waals surface area (Å²) in [4.78, 5) is 14.1. The number of phenols is 1. The smallest absolute Gasteiger partial charge is 0.257 e. The van der Waals surface area contributed by atoms with Gasteiger partial charge in [0.2, 0.25) is 0 Å². The zero-order chi connectivity index (χ0) is 13.1. The van der Waals surface area contributed by atoms with Crippen LogP contribution in [0.5, 0.6) is 5.75 Å². The maximum Gasteiger partial charge on any atom is 0.257 e. The maximum atomic E-state index is 12.3. The van der Waals surface area contributed by atoms with E-state index in [9.17, 15) is 9.90 Å². The molecular formula is C14H18ClNO2. The summed E-state index contributed by atoms with van der Waals surface area (Å²) in [6.07, 6.45) is 3.22. The van der Waals surface area contributed by atoms with Crippen LogP contribution in [0.4, 0.5) is 0 Å². The van der Waals surface area contributed by atoms with Gasteiger partial charge >= 0.3 is 0 Å². The Bertz CT molecular complexity index is 447. The lowest BCUT2D eigenvalue weighted by molar-refractivity contribution is 0.0757. The molecule has 0 aliphatic carbocycles. The second kappa shape index (κ2) is 5.61. The van der Waals surface area contributed by atoms with Gasteiger partial charge < -0.3 is 10.0 Å². The van der Waals surface area contributed by atoms with Crippen molar-refractivity contribution in [2.75, 3.05) is 13.1 Å². The summed E-state index contributed by atoms with van der Waals surface area (Å²) < 4.78 is 0. The topological polar surface area (TPSA) is 40.5 Å². The fraction of sp³-hybridized carbons (Fsp3) is 0.500. The van der Waals surface area contributed by atoms with Crippen molar-refractivity contribution in [2.24, 2.45) is 5.92 Å². The number of amides is 1. The van der Waals surface area contributed by atoms with E-state index in [1.54, 1.807) is 12.1 Å². The molecule has 18 heavy (non-hydrogen) atoms. The Labute approximate surface area is 112 Å². The first-order valence-corrected chi connectivity index (χ1v) is 6.73. The third kappa shape index (κ3) is 2.96. The average molecular weight is 268 g/mol. The number of halogens is 1. The number of nitrogens with zero attached hydrogens (tertiary/aromatic N) is 1. The molecule has 1 aliphatic rings. The molecule has 1 amide bonds. The van der Waals surface area contributed by atoms with E-state index in [1.165, 1.54) is 6.07 Å². The van der Waals surface area contributed by atoms with Crippen LogP contribution in [0.3, 0.4) is 0 Å². The molecule has 0 radical (unpaired) electrons. The van der Waals surface area contributed by atoms with E-state index in [1.807, 2.05) is 4.90 Å². The Hall–Kier alpha value is -1.22. The fourth-order valence-corrected chi connectivity index (χ4v) is 2.49. The quantitative estimate of drug-likeness (QED) is 0.848. The Kier molecular flexibility index (Phi) is 4.12. The summed E-state index contributed by atoms with van der Waals surface area (Å²) in [5.74, 6) is 0.532. The number of likely N-dealkylation sites (tertiary alicyclic amines) is 1. The van der Waals surface area contributed by atoms with Crippen molar-refractivity contribution in [1.82, 2.24) is 4.90 Å². The number of phenolic OH excluding ortho intramolecular Hbond substituents is 1. The van der Waals surface area contributed by atoms with Crippen LogP contribution in [-0.4, -0.2) is 29.0 Å². The fourth-order valence-electron chi connectivity index (χ4n) is 2.32. The molecule has 1 unspecified atom stereocenters. The number of aromatic hydroxyl groups is 1. The summed E-state index contributed by atoms with van der Waals surface area (Å²) in [7, 11) is 0. The number of hydrogen-bond acceptors (Lipinski definition) is 2. The molecule has 1 saturated heterocycles. The van der Waals surface area contributed by atoms with E-state index in [-0.39, 0.29) is 11.7 Å². The maximum absolute atomic E-state index is 12.3. The van der Waals surface area contributed by atoms with E-state index >= 15 is 0 Å². The van der Waals surface area contributed by atoms with Crippen LogP contribution in [0.15, 0.2) is 18.2 Å². The second-order valence-corrected chi connectivity index (χ2v) is 5.43. The Balaban J connectivity index is 2.15. The van der Waals surface area contributed by atoms with Gasteiger partial charge in [-0.25, -0.2) is 0 Å². The van der Waals surface area contributed by atoms with E-state index in [0.717, 1.165) is 32.4 Å². The predicted molar refractivity (Wildman–Crippen MR) is 72.0 cm³/mol. The van der Waals surface area contributed by atoms with Gasteiger partial charge in [-0.05, 0) is 43.4 Å². The lowest BCUT2D eigenvalue weighted by Crippen LogP contribution is -2.32. The second-order valence-electron chi connectivity index (χ2n) is 4.99. The molecule has 98 valence electrons. The Morgan fingerprint density at radius 1 is 1.39 bits per heavy atom. The van der Waals surface area contributed by atoms with Crippen LogP contribution < -0.4 is 0 Å². The van der Waals surface area contributed by atoms with Gasteiger partial charge in [-0.3, -0.25) is 4.79 Å². The summed E-state index contributed by atoms with van der Waals surface area (Å²) in [5, 5.41) is 10.2. The highest BCUT2D eigenvalue weighted by Crippen LogP contribution is 2.25. The summed E-state index contributed by atoms with van der Waals surface area (Å²) in [5.41, 5.74) is 0.342. The Morgan fingerprint density at radius 3 is 2.89 bits per heavy atom. The van der Waals surface area contributed by atoms with Crippen LogP contribution in [0.2, 0.25) is 5.02 Å². The third-order valence-electron chi connectivity index (χ3n) is 3.49. The van der Waals surface area contributed by atoms with Crippen LogP contribution in [0.25, 0.3) is 0 Å². The van der Waals surface area contributed by atoms with Gasteiger partial charge in [-0.1, -0.05) is 18.5 Å². The molecule has 1 aromatic carbocycles. The number of carbonyl (C=O) groups is 1. The number of benzene rings is 1. The molecule has 4 heteroatoms. The molecule has 1 heterocycles. The van der Waals surface area contributed by atoms with Crippen molar-refractivity contribution in [3.05, 3.63) is 28.8 Å². The average Bonchev–Trinajstić information content (AvgIpc) is 2.53. The molecule has 1 atom stereocenters. The van der Waals surface area contributed by atoms with Gasteiger partial charge in [0.15, 0.2) is 0 Å². The highest BCUT2D eigenvalue weighted by atomic mass is 35.5. The van der Waals surface area contributed by atoms with Crippen molar-refractivity contribution in [3.8, 4) is 5.75 Å². The molecule has 0 saturated carbocycles. The van der Waals surface area contributed by atoms with E-state index in [4.69, 9.17) is 11.6 Å². The van der Waals surface area contributed by atoms with Gasteiger partial charge in [-0.15, -0.1) is 0 Å². The van der Waals surface area contributed by atoms with Crippen molar-refractivity contribution >= 4 is 17.5 Å². The first-order chi connectivity index (χ1) is 8.58. The van der Waals surface area contributed by atoms with E-state index in [0.29, 0.717) is 16.5 Å². The molecule has 1 aromatic rings. The van der Waals surface area contributed by atoms with Gasteiger partial charge in [0.25, 0.3) is 5.91 Å². The lowest BCUT2D eigenvalue weighted by atomic mass is 10.0. The van der Waals surface area contributed by atoms with Gasteiger partial charge in [0, 0.05) is 18.1 Å². The van der Waals surface area contributed by atoms with Gasteiger partial charge in [0.1, 0.15) is 5.75 Å². The molecule has 1 N–H and O–H groups in total. The number of hydrogen-bond donors (Lipinski definition) is 1. The minimum absolute atomic E-state index is 0.0372. The summed E-state index contributed by atoms with van der Waals surface area (Å²) in [6.45, 7) is 3.75. The molecule has 1 fully saturated rings. The standard InChI is InChI=1S/C14H18ClNO2/c1-10-3-2-7-16(8-6-10)14(18)12-5-4-11(15)9-13(12)17/h4-5,9-10,17H,2-3,6-8H2,1H3. The van der Waals surface area contributed by atoms with Crippen molar-refractivity contribution in [2.45, 2.75) is 26.2 Å². The van der Waals surface area contributed by atoms with Gasteiger partial charge in [0.05, 0.1) is 5.56 Å². The van der Waals surface area contributed by atoms with Crippen molar-refractivity contribution in [3.63, 3.8) is 0 Å². The highest BCUT2D eigenvalue weighted by Gasteiger charge is 2.21. The monoisotopic (exact) mass is 267 g/mol. The first kappa shape index (κ1) is 13.2. The molecule has 1 aliphatic heterocycles. The molecule has 0 bridgehead atoms. The molecule has 0 aromatic heterocycles. The van der Waals surface area contributed by atoms with Crippen molar-refractivity contribution < 1.29 is 9.90 Å². The minimum Gasteiger partial charge on any atom is -0.507 e. The largest absolute Gasteiger partial charge is 0.507 e. The van der Waals surface area contributed by atoms with Crippen LogP contribution in [-0.2, 0) is 0 Å². The minimum atomic E-state index is -0.0988.